The van der Waals surface area contributed by atoms with Crippen LogP contribution < -0.4 is 5.32 Å². The topological polar surface area (TPSA) is 86.8 Å². The van der Waals surface area contributed by atoms with Crippen LogP contribution in [0.3, 0.4) is 0 Å². The Labute approximate surface area is 164 Å². The highest BCUT2D eigenvalue weighted by Gasteiger charge is 2.34. The highest BCUT2D eigenvalue weighted by Crippen LogP contribution is 2.39. The molecule has 4 rings (SSSR count). The van der Waals surface area contributed by atoms with Crippen LogP contribution in [0, 0.1) is 23.0 Å². The first kappa shape index (κ1) is 18.5. The fraction of sp³-hybridized carbons (Fsp3) is 0.316. The third-order valence-electron chi connectivity index (χ3n) is 4.90. The largest absolute Gasteiger partial charge is 0.381 e. The van der Waals surface area contributed by atoms with Crippen molar-refractivity contribution >= 4 is 16.3 Å². The molecule has 0 amide bonds. The molecule has 2 N–H and O–H groups in total. The van der Waals surface area contributed by atoms with Crippen molar-refractivity contribution in [2.24, 2.45) is 0 Å². The molecular formula is C19H17F2N5OS. The summed E-state index contributed by atoms with van der Waals surface area (Å²) in [5.41, 5.74) is -0.144. The highest BCUT2D eigenvalue weighted by molar-refractivity contribution is 7.16. The van der Waals surface area contributed by atoms with E-state index in [1.165, 1.54) is 39.6 Å². The maximum atomic E-state index is 14.5. The number of nitriles is 1. The molecule has 1 aliphatic rings. The van der Waals surface area contributed by atoms with Gasteiger partial charge in [-0.15, -0.1) is 11.3 Å². The summed E-state index contributed by atoms with van der Waals surface area (Å²) in [6, 6.07) is 5.30. The van der Waals surface area contributed by atoms with Crippen LogP contribution in [0.15, 0.2) is 30.9 Å². The van der Waals surface area contributed by atoms with E-state index < -0.39 is 17.2 Å². The van der Waals surface area contributed by atoms with Gasteiger partial charge >= 0.3 is 0 Å². The summed E-state index contributed by atoms with van der Waals surface area (Å²) in [6.45, 7) is -0.168. The van der Waals surface area contributed by atoms with E-state index in [1.54, 1.807) is 0 Å². The smallest absolute Gasteiger partial charge is 0.137 e. The number of aliphatic hydroxyl groups is 1. The van der Waals surface area contributed by atoms with E-state index in [1.807, 2.05) is 0 Å². The summed E-state index contributed by atoms with van der Waals surface area (Å²) in [6.07, 6.45) is 5.56. The maximum Gasteiger partial charge on any atom is 0.137 e. The summed E-state index contributed by atoms with van der Waals surface area (Å²) in [5.74, 6) is -1.57. The van der Waals surface area contributed by atoms with Crippen LogP contribution in [-0.4, -0.2) is 26.4 Å². The van der Waals surface area contributed by atoms with Gasteiger partial charge in [0.15, 0.2) is 0 Å². The Balaban J connectivity index is 1.66. The average Bonchev–Trinajstić information content (AvgIpc) is 3.37. The lowest BCUT2D eigenvalue weighted by Gasteiger charge is -2.29. The molecule has 9 heteroatoms. The molecular weight excluding hydrogens is 384 g/mol. The standard InChI is InChI=1S/C19H17F2N5OS/c20-12-4-5-15(16(21)6-12)19(27,9-26-11-23-10-25-26)8-24-18-14(7-22)13-2-1-3-17(13)28-18/h4-6,10-11,24,27H,1-3,8-9H2. The summed E-state index contributed by atoms with van der Waals surface area (Å²) < 4.78 is 29.2. The number of hydrogen-bond acceptors (Lipinski definition) is 6. The molecule has 0 saturated heterocycles. The zero-order chi connectivity index (χ0) is 19.7. The zero-order valence-corrected chi connectivity index (χ0v) is 15.6. The lowest BCUT2D eigenvalue weighted by atomic mass is 9.92. The summed E-state index contributed by atoms with van der Waals surface area (Å²) >= 11 is 1.49. The first-order chi connectivity index (χ1) is 13.5. The summed E-state index contributed by atoms with van der Waals surface area (Å²) in [7, 11) is 0. The molecule has 1 unspecified atom stereocenters. The van der Waals surface area contributed by atoms with Crippen molar-refractivity contribution in [2.75, 3.05) is 11.9 Å². The Hall–Kier alpha value is -2.83. The van der Waals surface area contributed by atoms with E-state index in [0.717, 1.165) is 37.0 Å². The van der Waals surface area contributed by atoms with Crippen molar-refractivity contribution in [3.8, 4) is 6.07 Å². The summed E-state index contributed by atoms with van der Waals surface area (Å²) in [4.78, 5) is 5.01. The Morgan fingerprint density at radius 2 is 2.21 bits per heavy atom. The number of aryl methyl sites for hydroxylation is 1. The first-order valence-electron chi connectivity index (χ1n) is 8.79. The molecule has 28 heavy (non-hydrogen) atoms. The lowest BCUT2D eigenvalue weighted by Crippen LogP contribution is -2.39. The van der Waals surface area contributed by atoms with Crippen LogP contribution in [0.25, 0.3) is 0 Å². The van der Waals surface area contributed by atoms with Crippen LogP contribution in [0.5, 0.6) is 0 Å². The number of nitrogens with zero attached hydrogens (tertiary/aromatic N) is 4. The van der Waals surface area contributed by atoms with Crippen LogP contribution in [0.1, 0.15) is 28.0 Å². The van der Waals surface area contributed by atoms with Gasteiger partial charge in [0.05, 0.1) is 18.7 Å². The fourth-order valence-corrected chi connectivity index (χ4v) is 4.79. The number of benzene rings is 1. The van der Waals surface area contributed by atoms with Gasteiger partial charge in [-0.25, -0.2) is 18.4 Å². The molecule has 2 aromatic heterocycles. The molecule has 0 saturated carbocycles. The van der Waals surface area contributed by atoms with E-state index in [-0.39, 0.29) is 18.7 Å². The Bertz CT molecular complexity index is 1040. The van der Waals surface area contributed by atoms with E-state index >= 15 is 0 Å². The van der Waals surface area contributed by atoms with Crippen LogP contribution >= 0.6 is 11.3 Å². The van der Waals surface area contributed by atoms with Gasteiger partial charge in [0.1, 0.15) is 41.0 Å². The minimum Gasteiger partial charge on any atom is -0.381 e. The van der Waals surface area contributed by atoms with Gasteiger partial charge < -0.3 is 10.4 Å². The number of fused-ring (bicyclic) bond motifs is 1. The van der Waals surface area contributed by atoms with Gasteiger partial charge in [-0.2, -0.15) is 10.4 Å². The Kier molecular flexibility index (Phi) is 4.83. The second-order valence-corrected chi connectivity index (χ2v) is 7.88. The predicted octanol–water partition coefficient (Wildman–Crippen LogP) is 2.98. The number of halogens is 2. The number of hydrogen-bond donors (Lipinski definition) is 2. The first-order valence-corrected chi connectivity index (χ1v) is 9.60. The number of thiophene rings is 1. The van der Waals surface area contributed by atoms with Crippen molar-refractivity contribution in [1.82, 2.24) is 14.8 Å². The number of nitrogens with one attached hydrogen (secondary N) is 1. The molecule has 0 aliphatic heterocycles. The molecule has 1 aromatic carbocycles. The molecule has 0 spiro atoms. The van der Waals surface area contributed by atoms with Crippen molar-refractivity contribution in [2.45, 2.75) is 31.4 Å². The van der Waals surface area contributed by atoms with Gasteiger partial charge in [-0.3, -0.25) is 0 Å². The quantitative estimate of drug-likeness (QED) is 0.663. The number of anilines is 1. The van der Waals surface area contributed by atoms with Gasteiger partial charge in [-0.05, 0) is 30.9 Å². The molecule has 0 bridgehead atoms. The van der Waals surface area contributed by atoms with E-state index in [4.69, 9.17) is 0 Å². The lowest BCUT2D eigenvalue weighted by molar-refractivity contribution is 0.0248. The third kappa shape index (κ3) is 3.37. The molecule has 6 nitrogen and oxygen atoms in total. The van der Waals surface area contributed by atoms with Gasteiger partial charge in [0, 0.05) is 16.5 Å². The molecule has 2 heterocycles. The Morgan fingerprint density at radius 3 is 2.93 bits per heavy atom. The molecule has 1 aliphatic carbocycles. The fourth-order valence-electron chi connectivity index (χ4n) is 3.56. The maximum absolute atomic E-state index is 14.5. The van der Waals surface area contributed by atoms with E-state index in [2.05, 4.69) is 21.5 Å². The molecule has 0 radical (unpaired) electrons. The average molecular weight is 401 g/mol. The minimum atomic E-state index is -1.73. The van der Waals surface area contributed by atoms with Gasteiger partial charge in [-0.1, -0.05) is 6.07 Å². The van der Waals surface area contributed by atoms with E-state index in [0.29, 0.717) is 10.6 Å². The van der Waals surface area contributed by atoms with Crippen LogP contribution in [0.4, 0.5) is 13.8 Å². The zero-order valence-electron chi connectivity index (χ0n) is 14.8. The van der Waals surface area contributed by atoms with Crippen LogP contribution in [-0.2, 0) is 25.0 Å². The molecule has 3 aromatic rings. The normalized spacial score (nSPS) is 15.1. The molecule has 144 valence electrons. The number of rotatable bonds is 6. The monoisotopic (exact) mass is 401 g/mol. The second kappa shape index (κ2) is 7.30. The van der Waals surface area contributed by atoms with Gasteiger partial charge in [0.25, 0.3) is 0 Å². The number of aromatic nitrogens is 3. The minimum absolute atomic E-state index is 0.0560. The summed E-state index contributed by atoms with van der Waals surface area (Å²) in [5, 5.41) is 28.6. The molecule has 1 atom stereocenters. The van der Waals surface area contributed by atoms with E-state index in [9.17, 15) is 19.1 Å². The molecule has 0 fully saturated rings. The highest BCUT2D eigenvalue weighted by atomic mass is 32.1. The van der Waals surface area contributed by atoms with Crippen molar-refractivity contribution in [1.29, 1.82) is 5.26 Å². The third-order valence-corrected chi connectivity index (χ3v) is 6.15. The van der Waals surface area contributed by atoms with Crippen LogP contribution in [0.2, 0.25) is 0 Å². The SMILES string of the molecule is N#Cc1c(NCC(O)(Cn2cncn2)c2ccc(F)cc2F)sc2c1CCC2. The predicted molar refractivity (Wildman–Crippen MR) is 99.8 cm³/mol. The van der Waals surface area contributed by atoms with Gasteiger partial charge in [0.2, 0.25) is 0 Å². The van der Waals surface area contributed by atoms with Crippen molar-refractivity contribution < 1.29 is 13.9 Å². The second-order valence-electron chi connectivity index (χ2n) is 6.78. The van der Waals surface area contributed by atoms with Crippen molar-refractivity contribution in [3.05, 3.63) is 64.1 Å². The Morgan fingerprint density at radius 1 is 1.36 bits per heavy atom. The van der Waals surface area contributed by atoms with Crippen molar-refractivity contribution in [3.63, 3.8) is 0 Å².